The lowest BCUT2D eigenvalue weighted by Gasteiger charge is -2.34. The van der Waals surface area contributed by atoms with Crippen LogP contribution in [0.15, 0.2) is 60.2 Å². The summed E-state index contributed by atoms with van der Waals surface area (Å²) >= 11 is 0. The molecule has 2 amide bonds. The van der Waals surface area contributed by atoms with Crippen LogP contribution in [0.1, 0.15) is 30.9 Å². The molecule has 1 aliphatic rings. The van der Waals surface area contributed by atoms with Crippen molar-refractivity contribution in [1.82, 2.24) is 5.32 Å². The van der Waals surface area contributed by atoms with E-state index in [0.717, 1.165) is 11.1 Å². The van der Waals surface area contributed by atoms with Crippen LogP contribution in [0.2, 0.25) is 0 Å². The zero-order valence-electron chi connectivity index (χ0n) is 23.1. The van der Waals surface area contributed by atoms with Gasteiger partial charge in [-0.2, -0.15) is 0 Å². The SMILES string of the molecule is CNC(=O)C(CC(=O)O)C1C=C(C)C(C(=O)O)C(C(=O)Nc2ccc(OCC(=O)OCc3ccc(C)cc3)cc2)C1. The van der Waals surface area contributed by atoms with Gasteiger partial charge in [0.05, 0.1) is 24.2 Å². The zero-order chi connectivity index (χ0) is 30.1. The van der Waals surface area contributed by atoms with Crippen molar-refractivity contribution in [1.29, 1.82) is 0 Å². The van der Waals surface area contributed by atoms with E-state index in [1.807, 2.05) is 31.2 Å². The number of aliphatic carboxylic acids is 2. The Morgan fingerprint density at radius 2 is 1.63 bits per heavy atom. The Balaban J connectivity index is 1.62. The van der Waals surface area contributed by atoms with Crippen molar-refractivity contribution in [2.75, 3.05) is 19.0 Å². The number of hydrogen-bond donors (Lipinski definition) is 4. The van der Waals surface area contributed by atoms with Gasteiger partial charge in [-0.1, -0.05) is 41.5 Å². The topological polar surface area (TPSA) is 168 Å². The maximum absolute atomic E-state index is 13.3. The molecule has 2 aromatic rings. The highest BCUT2D eigenvalue weighted by Crippen LogP contribution is 2.39. The van der Waals surface area contributed by atoms with Crippen LogP contribution < -0.4 is 15.4 Å². The predicted octanol–water partition coefficient (Wildman–Crippen LogP) is 3.18. The van der Waals surface area contributed by atoms with Crippen LogP contribution in [0.3, 0.4) is 0 Å². The Bertz CT molecular complexity index is 1300. The number of carbonyl (C=O) groups is 5. The number of esters is 1. The van der Waals surface area contributed by atoms with Crippen molar-refractivity contribution < 1.29 is 43.7 Å². The van der Waals surface area contributed by atoms with Crippen molar-refractivity contribution in [3.05, 3.63) is 71.3 Å². The average Bonchev–Trinajstić information content (AvgIpc) is 2.94. The molecule has 218 valence electrons. The van der Waals surface area contributed by atoms with Crippen molar-refractivity contribution in [3.8, 4) is 5.75 Å². The molecule has 0 heterocycles. The Kier molecular flexibility index (Phi) is 10.6. The lowest BCUT2D eigenvalue weighted by Crippen LogP contribution is -2.42. The van der Waals surface area contributed by atoms with Crippen LogP contribution in [-0.4, -0.2) is 53.6 Å². The number of anilines is 1. The number of benzene rings is 2. The molecule has 2 aromatic carbocycles. The molecule has 4 N–H and O–H groups in total. The minimum absolute atomic E-state index is 0.0165. The molecule has 0 fully saturated rings. The Morgan fingerprint density at radius 1 is 0.976 bits per heavy atom. The van der Waals surface area contributed by atoms with Gasteiger partial charge < -0.3 is 30.3 Å². The first-order chi connectivity index (χ1) is 19.5. The van der Waals surface area contributed by atoms with E-state index in [1.54, 1.807) is 37.3 Å². The predicted molar refractivity (Wildman–Crippen MR) is 148 cm³/mol. The third kappa shape index (κ3) is 8.66. The second kappa shape index (κ2) is 14.1. The van der Waals surface area contributed by atoms with Crippen LogP contribution in [0.5, 0.6) is 5.75 Å². The number of ether oxygens (including phenoxy) is 2. The first-order valence-corrected chi connectivity index (χ1v) is 13.1. The number of carboxylic acid groups (broad SMARTS) is 2. The summed E-state index contributed by atoms with van der Waals surface area (Å²) in [7, 11) is 1.39. The molecule has 0 saturated heterocycles. The van der Waals surface area contributed by atoms with E-state index in [1.165, 1.54) is 7.05 Å². The summed E-state index contributed by atoms with van der Waals surface area (Å²) < 4.78 is 10.7. The lowest BCUT2D eigenvalue weighted by molar-refractivity contribution is -0.147. The highest BCUT2D eigenvalue weighted by atomic mass is 16.6. The van der Waals surface area contributed by atoms with Crippen LogP contribution in [0.4, 0.5) is 5.69 Å². The molecule has 0 aromatic heterocycles. The van der Waals surface area contributed by atoms with Gasteiger partial charge in [0.1, 0.15) is 12.4 Å². The fourth-order valence-electron chi connectivity index (χ4n) is 4.88. The summed E-state index contributed by atoms with van der Waals surface area (Å²) in [4.78, 5) is 61.1. The third-order valence-corrected chi connectivity index (χ3v) is 6.99. The molecule has 11 heteroatoms. The molecule has 41 heavy (non-hydrogen) atoms. The van der Waals surface area contributed by atoms with Crippen LogP contribution in [-0.2, 0) is 35.3 Å². The molecule has 0 bridgehead atoms. The smallest absolute Gasteiger partial charge is 0.344 e. The van der Waals surface area contributed by atoms with E-state index in [2.05, 4.69) is 10.6 Å². The summed E-state index contributed by atoms with van der Waals surface area (Å²) in [6.45, 7) is 3.34. The molecular formula is C30H34N2O9. The maximum atomic E-state index is 13.3. The molecule has 11 nitrogen and oxygen atoms in total. The number of allylic oxidation sites excluding steroid dienone is 1. The maximum Gasteiger partial charge on any atom is 0.344 e. The van der Waals surface area contributed by atoms with E-state index < -0.39 is 59.8 Å². The number of carbonyl (C=O) groups excluding carboxylic acids is 3. The van der Waals surface area contributed by atoms with Gasteiger partial charge in [-0.15, -0.1) is 0 Å². The summed E-state index contributed by atoms with van der Waals surface area (Å²) in [6.07, 6.45) is 1.11. The molecular weight excluding hydrogens is 532 g/mol. The second-order valence-corrected chi connectivity index (χ2v) is 10.00. The number of hydrogen-bond acceptors (Lipinski definition) is 7. The fourth-order valence-corrected chi connectivity index (χ4v) is 4.88. The van der Waals surface area contributed by atoms with E-state index in [4.69, 9.17) is 9.47 Å². The largest absolute Gasteiger partial charge is 0.482 e. The number of rotatable bonds is 12. The van der Waals surface area contributed by atoms with Crippen molar-refractivity contribution >= 4 is 35.4 Å². The highest BCUT2D eigenvalue weighted by Gasteiger charge is 2.43. The number of amides is 2. The molecule has 4 unspecified atom stereocenters. The van der Waals surface area contributed by atoms with Crippen LogP contribution in [0, 0.1) is 30.6 Å². The summed E-state index contributed by atoms with van der Waals surface area (Å²) in [5, 5.41) is 24.3. The van der Waals surface area contributed by atoms with Gasteiger partial charge in [-0.25, -0.2) is 4.79 Å². The first kappa shape index (κ1) is 30.9. The normalized spacial score (nSPS) is 18.8. The number of carboxylic acids is 2. The second-order valence-electron chi connectivity index (χ2n) is 10.00. The van der Waals surface area contributed by atoms with Gasteiger partial charge in [0.25, 0.3) is 0 Å². The van der Waals surface area contributed by atoms with Crippen molar-refractivity contribution in [2.24, 2.45) is 23.7 Å². The zero-order valence-corrected chi connectivity index (χ0v) is 23.1. The lowest BCUT2D eigenvalue weighted by atomic mass is 9.69. The molecule has 4 atom stereocenters. The fraction of sp³-hybridized carbons (Fsp3) is 0.367. The van der Waals surface area contributed by atoms with Gasteiger partial charge in [0.15, 0.2) is 6.61 Å². The standard InChI is InChI=1S/C30H34N2O9/c1-17-4-6-19(7-5-17)15-41-26(35)16-40-22-10-8-21(9-11-22)32-29(37)24-13-20(12-18(2)27(24)30(38)39)23(14-25(33)34)28(36)31-3/h4-12,20,23-24,27H,13-16H2,1-3H3,(H,31,36)(H,32,37)(H,33,34)(H,38,39). The Morgan fingerprint density at radius 3 is 2.22 bits per heavy atom. The Labute approximate surface area is 237 Å². The summed E-state index contributed by atoms with van der Waals surface area (Å²) in [5.74, 6) is -7.39. The molecule has 1 aliphatic carbocycles. The van der Waals surface area contributed by atoms with Gasteiger partial charge in [-0.05, 0) is 56.0 Å². The van der Waals surface area contributed by atoms with E-state index in [0.29, 0.717) is 17.0 Å². The minimum Gasteiger partial charge on any atom is -0.482 e. The molecule has 0 aliphatic heterocycles. The monoisotopic (exact) mass is 566 g/mol. The van der Waals surface area contributed by atoms with E-state index in [9.17, 15) is 34.2 Å². The van der Waals surface area contributed by atoms with E-state index in [-0.39, 0.29) is 19.6 Å². The number of aryl methyl sites for hydroxylation is 1. The average molecular weight is 567 g/mol. The van der Waals surface area contributed by atoms with Crippen molar-refractivity contribution in [3.63, 3.8) is 0 Å². The quantitative estimate of drug-likeness (QED) is 0.223. The minimum atomic E-state index is -1.19. The van der Waals surface area contributed by atoms with Crippen LogP contribution >= 0.6 is 0 Å². The summed E-state index contributed by atoms with van der Waals surface area (Å²) in [5.41, 5.74) is 2.71. The highest BCUT2D eigenvalue weighted by molar-refractivity contribution is 5.96. The van der Waals surface area contributed by atoms with Gasteiger partial charge in [0.2, 0.25) is 11.8 Å². The van der Waals surface area contributed by atoms with Crippen molar-refractivity contribution in [2.45, 2.75) is 33.3 Å². The van der Waals surface area contributed by atoms with Crippen LogP contribution in [0.25, 0.3) is 0 Å². The number of nitrogens with one attached hydrogen (secondary N) is 2. The molecule has 0 saturated carbocycles. The molecule has 3 rings (SSSR count). The third-order valence-electron chi connectivity index (χ3n) is 6.99. The van der Waals surface area contributed by atoms with Gasteiger partial charge >= 0.3 is 17.9 Å². The first-order valence-electron chi connectivity index (χ1n) is 13.1. The van der Waals surface area contributed by atoms with Gasteiger partial charge in [0, 0.05) is 12.7 Å². The molecule has 0 radical (unpaired) electrons. The summed E-state index contributed by atoms with van der Waals surface area (Å²) in [6, 6.07) is 13.8. The van der Waals surface area contributed by atoms with E-state index >= 15 is 0 Å². The molecule has 0 spiro atoms. The Hall–Kier alpha value is -4.67. The van der Waals surface area contributed by atoms with Gasteiger partial charge in [-0.3, -0.25) is 19.2 Å².